The zero-order chi connectivity index (χ0) is 21.1. The molecule has 0 saturated carbocycles. The predicted molar refractivity (Wildman–Crippen MR) is 111 cm³/mol. The molecule has 0 spiro atoms. The fourth-order valence-corrected chi connectivity index (χ4v) is 2.48. The maximum absolute atomic E-state index is 12.0. The molecule has 29 heavy (non-hydrogen) atoms. The number of aromatic nitrogens is 1. The Kier molecular flexibility index (Phi) is 8.91. The fourth-order valence-electron chi connectivity index (χ4n) is 2.48. The van der Waals surface area contributed by atoms with Crippen LogP contribution in [0.25, 0.3) is 0 Å². The van der Waals surface area contributed by atoms with E-state index < -0.39 is 0 Å². The molecule has 1 aromatic heterocycles. The van der Waals surface area contributed by atoms with E-state index in [0.717, 1.165) is 11.3 Å². The van der Waals surface area contributed by atoms with Crippen LogP contribution in [0.1, 0.15) is 12.5 Å². The third kappa shape index (κ3) is 8.61. The van der Waals surface area contributed by atoms with Crippen molar-refractivity contribution in [1.29, 1.82) is 0 Å². The van der Waals surface area contributed by atoms with Gasteiger partial charge in [0, 0.05) is 6.20 Å². The molecule has 8 heteroatoms. The van der Waals surface area contributed by atoms with Gasteiger partial charge in [0.25, 0.3) is 0 Å². The molecule has 1 heterocycles. The van der Waals surface area contributed by atoms with Crippen molar-refractivity contribution < 1.29 is 19.1 Å². The number of rotatable bonds is 11. The average Bonchev–Trinajstić information content (AvgIpc) is 2.68. The Morgan fingerprint density at radius 1 is 1.00 bits per heavy atom. The zero-order valence-electron chi connectivity index (χ0n) is 17.1. The molecule has 0 bridgehead atoms. The standard InChI is InChI=1S/C21H28N4O4/c1-4-28-17-6-8-18(9-7-17)29-12-11-22-20(26)14-25(3)15-21(27)24-19-10-5-16(2)13-23-19/h5-10,13H,4,11-12,14-15H2,1-3H3,(H,22,26)(H,23,24,27). The van der Waals surface area contributed by atoms with Crippen LogP contribution in [-0.2, 0) is 9.59 Å². The second-order valence-corrected chi connectivity index (χ2v) is 6.54. The Morgan fingerprint density at radius 2 is 1.66 bits per heavy atom. The average molecular weight is 400 g/mol. The first-order valence-corrected chi connectivity index (χ1v) is 9.49. The summed E-state index contributed by atoms with van der Waals surface area (Å²) >= 11 is 0. The van der Waals surface area contributed by atoms with Crippen molar-refractivity contribution in [2.75, 3.05) is 45.2 Å². The molecule has 1 aromatic carbocycles. The Balaban J connectivity index is 1.61. The number of aryl methyl sites for hydroxylation is 1. The quantitative estimate of drug-likeness (QED) is 0.559. The minimum Gasteiger partial charge on any atom is -0.494 e. The number of carbonyl (C=O) groups is 2. The molecule has 2 amide bonds. The lowest BCUT2D eigenvalue weighted by atomic mass is 10.3. The third-order valence-corrected chi connectivity index (χ3v) is 3.83. The van der Waals surface area contributed by atoms with Gasteiger partial charge in [0.15, 0.2) is 0 Å². The second-order valence-electron chi connectivity index (χ2n) is 6.54. The molecule has 0 aliphatic carbocycles. The number of ether oxygens (including phenoxy) is 2. The molecule has 0 saturated heterocycles. The van der Waals surface area contributed by atoms with Crippen LogP contribution in [0, 0.1) is 6.92 Å². The number of nitrogens with one attached hydrogen (secondary N) is 2. The van der Waals surface area contributed by atoms with E-state index >= 15 is 0 Å². The van der Waals surface area contributed by atoms with Crippen LogP contribution in [0.15, 0.2) is 42.6 Å². The SMILES string of the molecule is CCOc1ccc(OCCNC(=O)CN(C)CC(=O)Nc2ccc(C)cn2)cc1. The van der Waals surface area contributed by atoms with Crippen LogP contribution in [0.5, 0.6) is 11.5 Å². The van der Waals surface area contributed by atoms with Gasteiger partial charge in [-0.1, -0.05) is 6.07 Å². The highest BCUT2D eigenvalue weighted by atomic mass is 16.5. The molecule has 156 valence electrons. The van der Waals surface area contributed by atoms with Gasteiger partial charge in [0.1, 0.15) is 23.9 Å². The summed E-state index contributed by atoms with van der Waals surface area (Å²) in [5.41, 5.74) is 1.02. The molecular weight excluding hydrogens is 372 g/mol. The molecule has 8 nitrogen and oxygen atoms in total. The topological polar surface area (TPSA) is 92.8 Å². The second kappa shape index (κ2) is 11.7. The van der Waals surface area contributed by atoms with E-state index in [1.807, 2.05) is 44.2 Å². The lowest BCUT2D eigenvalue weighted by Crippen LogP contribution is -2.40. The summed E-state index contributed by atoms with van der Waals surface area (Å²) < 4.78 is 10.9. The number of pyridine rings is 1. The van der Waals surface area contributed by atoms with Crippen molar-refractivity contribution in [2.45, 2.75) is 13.8 Å². The minimum atomic E-state index is -0.226. The zero-order valence-corrected chi connectivity index (χ0v) is 17.1. The van der Waals surface area contributed by atoms with Crippen LogP contribution in [0.3, 0.4) is 0 Å². The lowest BCUT2D eigenvalue weighted by molar-refractivity contribution is -0.123. The van der Waals surface area contributed by atoms with E-state index in [1.165, 1.54) is 0 Å². The number of amides is 2. The van der Waals surface area contributed by atoms with E-state index in [4.69, 9.17) is 9.47 Å². The predicted octanol–water partition coefficient (Wildman–Crippen LogP) is 1.85. The highest BCUT2D eigenvalue weighted by Gasteiger charge is 2.11. The highest BCUT2D eigenvalue weighted by molar-refractivity contribution is 5.91. The summed E-state index contributed by atoms with van der Waals surface area (Å²) in [5, 5.41) is 5.47. The number of anilines is 1. The summed E-state index contributed by atoms with van der Waals surface area (Å²) in [6.07, 6.45) is 1.68. The van der Waals surface area contributed by atoms with Gasteiger partial charge in [-0.25, -0.2) is 4.98 Å². The maximum Gasteiger partial charge on any atom is 0.239 e. The van der Waals surface area contributed by atoms with Gasteiger partial charge in [0.2, 0.25) is 11.8 Å². The summed E-state index contributed by atoms with van der Waals surface area (Å²) in [7, 11) is 1.71. The first-order chi connectivity index (χ1) is 14.0. The Morgan fingerprint density at radius 3 is 2.28 bits per heavy atom. The molecule has 0 aliphatic heterocycles. The largest absolute Gasteiger partial charge is 0.494 e. The third-order valence-electron chi connectivity index (χ3n) is 3.83. The van der Waals surface area contributed by atoms with E-state index in [-0.39, 0.29) is 24.9 Å². The van der Waals surface area contributed by atoms with Crippen LogP contribution in [0.4, 0.5) is 5.82 Å². The minimum absolute atomic E-state index is 0.0889. The van der Waals surface area contributed by atoms with Crippen molar-refractivity contribution in [1.82, 2.24) is 15.2 Å². The summed E-state index contributed by atoms with van der Waals surface area (Å²) in [4.78, 5) is 29.8. The van der Waals surface area contributed by atoms with Crippen LogP contribution < -0.4 is 20.1 Å². The number of likely N-dealkylation sites (N-methyl/N-ethyl adjacent to an activating group) is 1. The van der Waals surface area contributed by atoms with Gasteiger partial charge in [-0.05, 0) is 56.8 Å². The van der Waals surface area contributed by atoms with Crippen molar-refractivity contribution in [2.24, 2.45) is 0 Å². The maximum atomic E-state index is 12.0. The van der Waals surface area contributed by atoms with E-state index in [2.05, 4.69) is 15.6 Å². The highest BCUT2D eigenvalue weighted by Crippen LogP contribution is 2.17. The Hall–Kier alpha value is -3.13. The summed E-state index contributed by atoms with van der Waals surface area (Å²) in [5.74, 6) is 1.59. The van der Waals surface area contributed by atoms with Gasteiger partial charge >= 0.3 is 0 Å². The molecule has 0 unspecified atom stereocenters. The monoisotopic (exact) mass is 400 g/mol. The van der Waals surface area contributed by atoms with Gasteiger partial charge in [-0.2, -0.15) is 0 Å². The molecule has 2 aromatic rings. The van der Waals surface area contributed by atoms with Crippen LogP contribution in [-0.4, -0.2) is 61.6 Å². The Bertz CT molecular complexity index is 778. The van der Waals surface area contributed by atoms with Crippen molar-refractivity contribution in [3.05, 3.63) is 48.2 Å². The first-order valence-electron chi connectivity index (χ1n) is 9.49. The summed E-state index contributed by atoms with van der Waals surface area (Å²) in [6, 6.07) is 10.9. The molecule has 0 radical (unpaired) electrons. The van der Waals surface area contributed by atoms with E-state index in [9.17, 15) is 9.59 Å². The number of hydrogen-bond acceptors (Lipinski definition) is 6. The van der Waals surface area contributed by atoms with Crippen LogP contribution in [0.2, 0.25) is 0 Å². The summed E-state index contributed by atoms with van der Waals surface area (Å²) in [6.45, 7) is 5.39. The lowest BCUT2D eigenvalue weighted by Gasteiger charge is -2.16. The van der Waals surface area contributed by atoms with Crippen molar-refractivity contribution in [3.8, 4) is 11.5 Å². The molecule has 2 rings (SSSR count). The smallest absolute Gasteiger partial charge is 0.239 e. The first kappa shape index (κ1) is 22.2. The van der Waals surface area contributed by atoms with Gasteiger partial charge < -0.3 is 20.1 Å². The number of benzene rings is 1. The molecule has 0 atom stereocenters. The van der Waals surface area contributed by atoms with E-state index in [0.29, 0.717) is 31.3 Å². The molecule has 0 fully saturated rings. The van der Waals surface area contributed by atoms with Crippen LogP contribution >= 0.6 is 0 Å². The fraction of sp³-hybridized carbons (Fsp3) is 0.381. The van der Waals surface area contributed by atoms with Gasteiger partial charge in [-0.3, -0.25) is 14.5 Å². The van der Waals surface area contributed by atoms with Crippen molar-refractivity contribution >= 4 is 17.6 Å². The molecule has 0 aliphatic rings. The molecule has 2 N–H and O–H groups in total. The van der Waals surface area contributed by atoms with Crippen molar-refractivity contribution in [3.63, 3.8) is 0 Å². The molecular formula is C21H28N4O4. The number of nitrogens with zero attached hydrogens (tertiary/aromatic N) is 2. The van der Waals surface area contributed by atoms with Gasteiger partial charge in [0.05, 0.1) is 26.2 Å². The Labute approximate surface area is 171 Å². The number of carbonyl (C=O) groups excluding carboxylic acids is 2. The van der Waals surface area contributed by atoms with Gasteiger partial charge in [-0.15, -0.1) is 0 Å². The normalized spacial score (nSPS) is 10.5. The number of hydrogen-bond donors (Lipinski definition) is 2. The van der Waals surface area contributed by atoms with E-state index in [1.54, 1.807) is 24.2 Å².